The van der Waals surface area contributed by atoms with Crippen molar-refractivity contribution in [2.24, 2.45) is 0 Å². The number of urea groups is 1. The van der Waals surface area contributed by atoms with E-state index < -0.39 is 11.8 Å². The van der Waals surface area contributed by atoms with Gasteiger partial charge in [0, 0.05) is 42.4 Å². The van der Waals surface area contributed by atoms with Gasteiger partial charge in [-0.1, -0.05) is 0 Å². The van der Waals surface area contributed by atoms with E-state index >= 15 is 0 Å². The molecule has 174 valence electrons. The maximum Gasteiger partial charge on any atom is 0.323 e. The van der Waals surface area contributed by atoms with E-state index in [1.807, 2.05) is 4.90 Å². The zero-order valence-corrected chi connectivity index (χ0v) is 18.0. The molecule has 10 heteroatoms. The third-order valence-corrected chi connectivity index (χ3v) is 5.33. The minimum absolute atomic E-state index is 0.115. The van der Waals surface area contributed by atoms with E-state index in [2.05, 4.69) is 15.6 Å². The number of halogens is 1. The van der Waals surface area contributed by atoms with Gasteiger partial charge in [0.05, 0.1) is 25.3 Å². The molecule has 2 N–H and O–H groups in total. The third-order valence-electron chi connectivity index (χ3n) is 5.33. The van der Waals surface area contributed by atoms with Crippen LogP contribution in [0.3, 0.4) is 0 Å². The van der Waals surface area contributed by atoms with Gasteiger partial charge in [-0.2, -0.15) is 0 Å². The molecule has 0 atom stereocenters. The van der Waals surface area contributed by atoms with Gasteiger partial charge in [-0.3, -0.25) is 9.78 Å². The molecule has 2 aromatic carbocycles. The summed E-state index contributed by atoms with van der Waals surface area (Å²) in [5.74, 6) is 0.383. The van der Waals surface area contributed by atoms with Gasteiger partial charge < -0.3 is 29.7 Å². The van der Waals surface area contributed by atoms with Crippen LogP contribution in [-0.4, -0.2) is 43.3 Å². The van der Waals surface area contributed by atoms with Crippen LogP contribution in [0.4, 0.5) is 26.2 Å². The Morgan fingerprint density at radius 1 is 1.03 bits per heavy atom. The lowest BCUT2D eigenvalue weighted by molar-refractivity contribution is -0.131. The average molecular weight is 464 g/mol. The van der Waals surface area contributed by atoms with Gasteiger partial charge in [0.1, 0.15) is 11.6 Å². The zero-order valence-electron chi connectivity index (χ0n) is 18.0. The van der Waals surface area contributed by atoms with Crippen LogP contribution in [0.2, 0.25) is 0 Å². The normalized spacial score (nSPS) is 14.9. The van der Waals surface area contributed by atoms with Crippen LogP contribution in [0.25, 0.3) is 0 Å². The van der Waals surface area contributed by atoms with Crippen LogP contribution in [-0.2, 0) is 16.0 Å². The highest BCUT2D eigenvalue weighted by molar-refractivity contribution is 6.00. The van der Waals surface area contributed by atoms with E-state index in [0.29, 0.717) is 66.3 Å². The fourth-order valence-corrected chi connectivity index (χ4v) is 3.75. The molecule has 2 aliphatic heterocycles. The van der Waals surface area contributed by atoms with Gasteiger partial charge in [-0.15, -0.1) is 0 Å². The monoisotopic (exact) mass is 464 g/mol. The fourth-order valence-electron chi connectivity index (χ4n) is 3.75. The van der Waals surface area contributed by atoms with Crippen molar-refractivity contribution in [1.29, 1.82) is 0 Å². The molecule has 5 rings (SSSR count). The summed E-state index contributed by atoms with van der Waals surface area (Å²) in [6.07, 6.45) is 1.66. The Kier molecular flexibility index (Phi) is 5.96. The Bertz CT molecular complexity index is 1230. The summed E-state index contributed by atoms with van der Waals surface area (Å²) in [7, 11) is 0. The summed E-state index contributed by atoms with van der Waals surface area (Å²) in [6, 6.07) is 12.2. The third kappa shape index (κ3) is 4.91. The first kappa shape index (κ1) is 21.7. The lowest BCUT2D eigenvalue weighted by Gasteiger charge is -2.29. The fraction of sp³-hybridized carbons (Fsp3) is 0.208. The number of morpholine rings is 1. The highest BCUT2D eigenvalue weighted by atomic mass is 19.1. The molecule has 1 aromatic heterocycles. The van der Waals surface area contributed by atoms with Gasteiger partial charge in [-0.05, 0) is 42.5 Å². The standard InChI is InChI=1S/C24H21FN4O5/c25-15-11-17(13-18(12-15)29-7-9-32-10-8-29)28-24(31)27-16-1-3-19(4-2-16)33-21-5-6-26-20-14-22(30)34-23(20)21/h1-6,11-13H,7-10,14H2,(H2,27,28,31). The number of hydrogen-bond acceptors (Lipinski definition) is 7. The van der Waals surface area contributed by atoms with E-state index in [-0.39, 0.29) is 12.4 Å². The highest BCUT2D eigenvalue weighted by Crippen LogP contribution is 2.37. The van der Waals surface area contributed by atoms with E-state index in [4.69, 9.17) is 14.2 Å². The van der Waals surface area contributed by atoms with Crippen molar-refractivity contribution in [3.05, 3.63) is 66.2 Å². The molecule has 9 nitrogen and oxygen atoms in total. The Labute approximate surface area is 194 Å². The van der Waals surface area contributed by atoms with Crippen molar-refractivity contribution in [3.8, 4) is 17.2 Å². The molecule has 3 aromatic rings. The van der Waals surface area contributed by atoms with Gasteiger partial charge in [0.25, 0.3) is 0 Å². The van der Waals surface area contributed by atoms with Crippen LogP contribution in [0.1, 0.15) is 5.69 Å². The second kappa shape index (κ2) is 9.36. The van der Waals surface area contributed by atoms with Gasteiger partial charge in [0.15, 0.2) is 11.5 Å². The summed E-state index contributed by atoms with van der Waals surface area (Å²) < 4.78 is 30.4. The number of nitrogens with one attached hydrogen (secondary N) is 2. The van der Waals surface area contributed by atoms with Gasteiger partial charge in [0.2, 0.25) is 0 Å². The lowest BCUT2D eigenvalue weighted by atomic mass is 10.2. The molecule has 1 fully saturated rings. The Balaban J connectivity index is 1.21. The maximum atomic E-state index is 14.1. The predicted octanol–water partition coefficient (Wildman–Crippen LogP) is 3.96. The van der Waals surface area contributed by atoms with E-state index in [1.165, 1.54) is 12.1 Å². The number of carbonyl (C=O) groups excluding carboxylic acids is 2. The molecule has 1 saturated heterocycles. The smallest absolute Gasteiger partial charge is 0.323 e. The summed E-state index contributed by atoms with van der Waals surface area (Å²) in [4.78, 5) is 30.1. The zero-order chi connectivity index (χ0) is 23.5. The van der Waals surface area contributed by atoms with E-state index in [0.717, 1.165) is 0 Å². The van der Waals surface area contributed by atoms with E-state index in [1.54, 1.807) is 42.6 Å². The van der Waals surface area contributed by atoms with Crippen molar-refractivity contribution >= 4 is 29.1 Å². The minimum atomic E-state index is -0.508. The molecular formula is C24H21FN4O5. The van der Waals surface area contributed by atoms with Gasteiger partial charge in [-0.25, -0.2) is 9.18 Å². The second-order valence-corrected chi connectivity index (χ2v) is 7.74. The van der Waals surface area contributed by atoms with Crippen LogP contribution in [0, 0.1) is 5.82 Å². The molecule has 34 heavy (non-hydrogen) atoms. The van der Waals surface area contributed by atoms with E-state index in [9.17, 15) is 14.0 Å². The highest BCUT2D eigenvalue weighted by Gasteiger charge is 2.25. The van der Waals surface area contributed by atoms with Crippen molar-refractivity contribution in [2.45, 2.75) is 6.42 Å². The predicted molar refractivity (Wildman–Crippen MR) is 122 cm³/mol. The molecule has 2 amide bonds. The van der Waals surface area contributed by atoms with Crippen molar-refractivity contribution < 1.29 is 28.2 Å². The van der Waals surface area contributed by atoms with Crippen molar-refractivity contribution in [3.63, 3.8) is 0 Å². The first-order valence-corrected chi connectivity index (χ1v) is 10.7. The lowest BCUT2D eigenvalue weighted by Crippen LogP contribution is -2.36. The number of fused-ring (bicyclic) bond motifs is 1. The molecule has 2 aliphatic rings. The first-order chi connectivity index (χ1) is 16.5. The number of aromatic nitrogens is 1. The molecule has 0 radical (unpaired) electrons. The number of ether oxygens (including phenoxy) is 3. The Morgan fingerprint density at radius 3 is 2.59 bits per heavy atom. The Morgan fingerprint density at radius 2 is 1.79 bits per heavy atom. The number of amides is 2. The summed E-state index contributed by atoms with van der Waals surface area (Å²) in [5.41, 5.74) is 2.08. The topological polar surface area (TPSA) is 102 Å². The van der Waals surface area contributed by atoms with Crippen molar-refractivity contribution in [2.75, 3.05) is 41.8 Å². The quantitative estimate of drug-likeness (QED) is 0.551. The Hall–Kier alpha value is -4.18. The molecular weight excluding hydrogens is 443 g/mol. The maximum absolute atomic E-state index is 14.1. The summed E-state index contributed by atoms with van der Waals surface area (Å²) in [6.45, 7) is 2.48. The van der Waals surface area contributed by atoms with Crippen LogP contribution >= 0.6 is 0 Å². The summed E-state index contributed by atoms with van der Waals surface area (Å²) in [5, 5.41) is 5.37. The number of benzene rings is 2. The largest absolute Gasteiger partial charge is 0.453 e. The molecule has 0 aliphatic carbocycles. The number of pyridine rings is 1. The molecule has 0 unspecified atom stereocenters. The number of esters is 1. The second-order valence-electron chi connectivity index (χ2n) is 7.74. The summed E-state index contributed by atoms with van der Waals surface area (Å²) >= 11 is 0. The van der Waals surface area contributed by atoms with Crippen molar-refractivity contribution in [1.82, 2.24) is 4.98 Å². The molecule has 0 spiro atoms. The van der Waals surface area contributed by atoms with Crippen LogP contribution in [0.15, 0.2) is 54.7 Å². The van der Waals surface area contributed by atoms with Gasteiger partial charge >= 0.3 is 12.0 Å². The number of rotatable bonds is 5. The number of anilines is 3. The SMILES string of the molecule is O=C(Nc1ccc(Oc2ccnc3c2OC(=O)C3)cc1)Nc1cc(F)cc(N2CCOCC2)c1. The molecule has 0 saturated carbocycles. The first-order valence-electron chi connectivity index (χ1n) is 10.7. The molecule has 3 heterocycles. The molecule has 0 bridgehead atoms. The minimum Gasteiger partial charge on any atom is -0.453 e. The number of nitrogens with zero attached hydrogens (tertiary/aromatic N) is 2. The number of carbonyl (C=O) groups is 2. The average Bonchev–Trinajstić information content (AvgIpc) is 3.22. The van der Waals surface area contributed by atoms with Crippen LogP contribution in [0.5, 0.6) is 17.2 Å². The number of hydrogen-bond donors (Lipinski definition) is 2. The van der Waals surface area contributed by atoms with Crippen LogP contribution < -0.4 is 25.0 Å².